The number of nitrogens with zero attached hydrogens (tertiary/aromatic N) is 2. The van der Waals surface area contributed by atoms with E-state index >= 15 is 0 Å². The van der Waals surface area contributed by atoms with Gasteiger partial charge in [-0.15, -0.1) is 0 Å². The monoisotopic (exact) mass is 301 g/mol. The molecule has 4 nitrogen and oxygen atoms in total. The Hall–Kier alpha value is -1.55. The highest BCUT2D eigenvalue weighted by atomic mass is 16.1. The molecular weight excluding hydrogens is 274 g/mol. The topological polar surface area (TPSA) is 41.0 Å². The minimum atomic E-state index is 0.0364. The van der Waals surface area contributed by atoms with Crippen LogP contribution in [0.15, 0.2) is 29.1 Å². The zero-order valence-corrected chi connectivity index (χ0v) is 13.9. The molecule has 0 bridgehead atoms. The normalized spacial score (nSPS) is 18.1. The van der Waals surface area contributed by atoms with Gasteiger partial charge in [0.2, 0.25) is 0 Å². The lowest BCUT2D eigenvalue weighted by Crippen LogP contribution is -2.38. The third-order valence-corrected chi connectivity index (χ3v) is 4.72. The minimum Gasteiger partial charge on any atom is -0.306 e. The van der Waals surface area contributed by atoms with Crippen molar-refractivity contribution in [1.82, 2.24) is 14.5 Å². The molecule has 0 radical (unpaired) electrons. The van der Waals surface area contributed by atoms with Crippen molar-refractivity contribution in [1.29, 1.82) is 0 Å². The Bertz CT molecular complexity index is 684. The maximum Gasteiger partial charge on any atom is 0.326 e. The van der Waals surface area contributed by atoms with Gasteiger partial charge in [0.15, 0.2) is 0 Å². The van der Waals surface area contributed by atoms with E-state index in [9.17, 15) is 4.79 Å². The molecule has 1 aliphatic rings. The minimum absolute atomic E-state index is 0.0364. The second-order valence-electron chi connectivity index (χ2n) is 7.70. The Balaban J connectivity index is 1.68. The molecule has 3 rings (SSSR count). The molecule has 1 aromatic carbocycles. The summed E-state index contributed by atoms with van der Waals surface area (Å²) in [5.74, 6) is 0. The highest BCUT2D eigenvalue weighted by Crippen LogP contribution is 2.26. The molecule has 0 aliphatic carbocycles. The average molecular weight is 301 g/mol. The first kappa shape index (κ1) is 15.3. The third-order valence-electron chi connectivity index (χ3n) is 4.72. The first-order chi connectivity index (χ1) is 10.4. The second-order valence-corrected chi connectivity index (χ2v) is 7.70. The first-order valence-corrected chi connectivity index (χ1v) is 8.36. The second kappa shape index (κ2) is 5.92. The number of H-pyrrole nitrogens is 1. The summed E-state index contributed by atoms with van der Waals surface area (Å²) in [6.45, 7) is 10.2. The lowest BCUT2D eigenvalue weighted by atomic mass is 9.91. The van der Waals surface area contributed by atoms with Gasteiger partial charge in [0.05, 0.1) is 11.0 Å². The molecule has 1 saturated heterocycles. The third kappa shape index (κ3) is 3.27. The highest BCUT2D eigenvalue weighted by Gasteiger charge is 2.24. The molecule has 0 saturated carbocycles. The van der Waals surface area contributed by atoms with Gasteiger partial charge in [0.1, 0.15) is 0 Å². The van der Waals surface area contributed by atoms with Gasteiger partial charge in [-0.2, -0.15) is 0 Å². The van der Waals surface area contributed by atoms with Crippen LogP contribution in [0.5, 0.6) is 0 Å². The molecule has 0 spiro atoms. The van der Waals surface area contributed by atoms with Crippen LogP contribution in [0.1, 0.15) is 46.1 Å². The maximum atomic E-state index is 12.3. The van der Waals surface area contributed by atoms with Gasteiger partial charge < -0.3 is 9.88 Å². The molecule has 1 fully saturated rings. The molecule has 1 N–H and O–H groups in total. The number of imidazole rings is 1. The molecule has 0 atom stereocenters. The molecule has 1 aliphatic heterocycles. The Morgan fingerprint density at radius 2 is 1.86 bits per heavy atom. The number of hydrogen-bond donors (Lipinski definition) is 1. The van der Waals surface area contributed by atoms with E-state index in [2.05, 4.69) is 30.7 Å². The predicted molar refractivity (Wildman–Crippen MR) is 91.3 cm³/mol. The number of rotatable bonds is 3. The van der Waals surface area contributed by atoms with E-state index < -0.39 is 0 Å². The Labute approximate surface area is 132 Å². The number of nitrogens with one attached hydrogen (secondary N) is 1. The van der Waals surface area contributed by atoms with Crippen LogP contribution in [-0.4, -0.2) is 34.1 Å². The standard InChI is InChI=1S/C18H27N3O/c1-18(2,3)10-13-20-11-8-14(9-12-20)21-16-7-5-4-6-15(16)19-17(21)22/h4-7,14H,8-13H2,1-3H3,(H,19,22). The Morgan fingerprint density at radius 1 is 1.18 bits per heavy atom. The van der Waals surface area contributed by atoms with E-state index in [-0.39, 0.29) is 5.69 Å². The van der Waals surface area contributed by atoms with Crippen LogP contribution < -0.4 is 5.69 Å². The van der Waals surface area contributed by atoms with Crippen LogP contribution in [0, 0.1) is 5.41 Å². The number of piperidine rings is 1. The number of benzene rings is 1. The van der Waals surface area contributed by atoms with Gasteiger partial charge in [-0.05, 0) is 43.4 Å². The molecule has 0 unspecified atom stereocenters. The fourth-order valence-corrected chi connectivity index (χ4v) is 3.33. The summed E-state index contributed by atoms with van der Waals surface area (Å²) in [6, 6.07) is 8.32. The van der Waals surface area contributed by atoms with Crippen molar-refractivity contribution < 1.29 is 0 Å². The predicted octanol–water partition coefficient (Wildman–Crippen LogP) is 3.40. The number of aromatic amines is 1. The molecule has 2 aromatic rings. The van der Waals surface area contributed by atoms with Crippen LogP contribution in [0.25, 0.3) is 11.0 Å². The molecule has 22 heavy (non-hydrogen) atoms. The van der Waals surface area contributed by atoms with Crippen molar-refractivity contribution >= 4 is 11.0 Å². The van der Waals surface area contributed by atoms with E-state index in [0.29, 0.717) is 11.5 Å². The van der Waals surface area contributed by atoms with Crippen molar-refractivity contribution in [3.05, 3.63) is 34.7 Å². The summed E-state index contributed by atoms with van der Waals surface area (Å²) in [4.78, 5) is 17.8. The van der Waals surface area contributed by atoms with Crippen molar-refractivity contribution in [2.75, 3.05) is 19.6 Å². The van der Waals surface area contributed by atoms with Crippen LogP contribution in [0.2, 0.25) is 0 Å². The van der Waals surface area contributed by atoms with Crippen LogP contribution in [0.4, 0.5) is 0 Å². The fourth-order valence-electron chi connectivity index (χ4n) is 3.33. The van der Waals surface area contributed by atoms with Crippen LogP contribution in [0.3, 0.4) is 0 Å². The van der Waals surface area contributed by atoms with Gasteiger partial charge in [0, 0.05) is 19.1 Å². The maximum absolute atomic E-state index is 12.3. The van der Waals surface area contributed by atoms with Crippen molar-refractivity contribution in [2.45, 2.75) is 46.1 Å². The smallest absolute Gasteiger partial charge is 0.306 e. The number of hydrogen-bond acceptors (Lipinski definition) is 2. The highest BCUT2D eigenvalue weighted by molar-refractivity contribution is 5.75. The Kier molecular flexibility index (Phi) is 4.13. The van der Waals surface area contributed by atoms with Crippen molar-refractivity contribution in [3.8, 4) is 0 Å². The van der Waals surface area contributed by atoms with Crippen molar-refractivity contribution in [2.24, 2.45) is 5.41 Å². The number of fused-ring (bicyclic) bond motifs is 1. The van der Waals surface area contributed by atoms with Gasteiger partial charge in [0.25, 0.3) is 0 Å². The number of para-hydroxylation sites is 2. The molecular formula is C18H27N3O. The summed E-state index contributed by atoms with van der Waals surface area (Å²) >= 11 is 0. The summed E-state index contributed by atoms with van der Waals surface area (Å²) < 4.78 is 1.97. The van der Waals surface area contributed by atoms with Gasteiger partial charge in [-0.1, -0.05) is 32.9 Å². The largest absolute Gasteiger partial charge is 0.326 e. The van der Waals surface area contributed by atoms with E-state index in [4.69, 9.17) is 0 Å². The lowest BCUT2D eigenvalue weighted by molar-refractivity contribution is 0.166. The van der Waals surface area contributed by atoms with Crippen LogP contribution in [-0.2, 0) is 0 Å². The SMILES string of the molecule is CC(C)(C)CCN1CCC(n2c(=O)[nH]c3ccccc32)CC1. The molecule has 2 heterocycles. The summed E-state index contributed by atoms with van der Waals surface area (Å²) in [5.41, 5.74) is 2.42. The zero-order chi connectivity index (χ0) is 15.7. The van der Waals surface area contributed by atoms with Gasteiger partial charge >= 0.3 is 5.69 Å². The van der Waals surface area contributed by atoms with Crippen LogP contribution >= 0.6 is 0 Å². The Morgan fingerprint density at radius 3 is 2.55 bits per heavy atom. The number of likely N-dealkylation sites (tertiary alicyclic amines) is 1. The molecule has 1 aromatic heterocycles. The fraction of sp³-hybridized carbons (Fsp3) is 0.611. The quantitative estimate of drug-likeness (QED) is 0.944. The molecule has 4 heteroatoms. The number of aromatic nitrogens is 2. The summed E-state index contributed by atoms with van der Waals surface area (Å²) in [6.07, 6.45) is 3.35. The van der Waals surface area contributed by atoms with E-state index in [1.54, 1.807) is 0 Å². The van der Waals surface area contributed by atoms with Gasteiger partial charge in [-0.25, -0.2) is 4.79 Å². The lowest BCUT2D eigenvalue weighted by Gasteiger charge is -2.34. The van der Waals surface area contributed by atoms with E-state index in [1.807, 2.05) is 28.8 Å². The summed E-state index contributed by atoms with van der Waals surface area (Å²) in [5, 5.41) is 0. The van der Waals surface area contributed by atoms with E-state index in [0.717, 1.165) is 37.0 Å². The summed E-state index contributed by atoms with van der Waals surface area (Å²) in [7, 11) is 0. The van der Waals surface area contributed by atoms with E-state index in [1.165, 1.54) is 13.0 Å². The molecule has 120 valence electrons. The zero-order valence-electron chi connectivity index (χ0n) is 13.9. The van der Waals surface area contributed by atoms with Gasteiger partial charge in [-0.3, -0.25) is 4.57 Å². The van der Waals surface area contributed by atoms with Crippen molar-refractivity contribution in [3.63, 3.8) is 0 Å². The molecule has 0 amide bonds. The first-order valence-electron chi connectivity index (χ1n) is 8.36. The average Bonchev–Trinajstić information content (AvgIpc) is 2.81.